The predicted octanol–water partition coefficient (Wildman–Crippen LogP) is 1.55. The van der Waals surface area contributed by atoms with Gasteiger partial charge in [-0.25, -0.2) is 14.6 Å². The van der Waals surface area contributed by atoms with E-state index in [9.17, 15) is 9.59 Å². The van der Waals surface area contributed by atoms with Crippen molar-refractivity contribution in [2.45, 2.75) is 13.3 Å². The van der Waals surface area contributed by atoms with Gasteiger partial charge in [-0.05, 0) is 25.1 Å². The van der Waals surface area contributed by atoms with Gasteiger partial charge in [-0.3, -0.25) is 9.59 Å². The number of nitrogens with zero attached hydrogens (tertiary/aromatic N) is 5. The second kappa shape index (κ2) is 8.73. The molecule has 9 heteroatoms. The molecule has 3 heterocycles. The Bertz CT molecular complexity index is 1030. The zero-order chi connectivity index (χ0) is 20.9. The molecule has 2 amide bonds. The molecule has 0 saturated carbocycles. The Labute approximate surface area is 174 Å². The maximum Gasteiger partial charge on any atom is 0.227 e. The van der Waals surface area contributed by atoms with E-state index < -0.39 is 0 Å². The Morgan fingerprint density at radius 1 is 1.17 bits per heavy atom. The molecule has 1 aromatic carbocycles. The highest BCUT2D eigenvalue weighted by atomic mass is 16.2. The van der Waals surface area contributed by atoms with Crippen molar-refractivity contribution in [2.24, 2.45) is 5.92 Å². The van der Waals surface area contributed by atoms with E-state index in [1.165, 1.54) is 6.33 Å². The lowest BCUT2D eigenvalue weighted by molar-refractivity contribution is -0.126. The summed E-state index contributed by atoms with van der Waals surface area (Å²) in [7, 11) is 0. The van der Waals surface area contributed by atoms with E-state index in [0.717, 1.165) is 11.4 Å². The smallest absolute Gasteiger partial charge is 0.227 e. The van der Waals surface area contributed by atoms with Gasteiger partial charge in [0.2, 0.25) is 11.8 Å². The summed E-state index contributed by atoms with van der Waals surface area (Å²) in [6, 6.07) is 13.1. The number of amides is 2. The first-order chi connectivity index (χ1) is 14.6. The molecule has 2 aromatic heterocycles. The number of aryl methyl sites for hydroxylation is 1. The van der Waals surface area contributed by atoms with Crippen LogP contribution in [0.25, 0.3) is 5.82 Å². The molecule has 3 aromatic rings. The Balaban J connectivity index is 1.25. The SMILES string of the molecule is Cc1ccn(-c2cc(NCCNC(=O)C3CC(=O)N(c4ccccc4)C3)ncn2)n1. The summed E-state index contributed by atoms with van der Waals surface area (Å²) >= 11 is 0. The van der Waals surface area contributed by atoms with Crippen LogP contribution in [0.3, 0.4) is 0 Å². The number of anilines is 2. The minimum atomic E-state index is -0.341. The first-order valence-electron chi connectivity index (χ1n) is 9.82. The van der Waals surface area contributed by atoms with Gasteiger partial charge in [0, 0.05) is 44.0 Å². The van der Waals surface area contributed by atoms with Crippen LogP contribution in [-0.4, -0.2) is 51.2 Å². The van der Waals surface area contributed by atoms with Crippen molar-refractivity contribution >= 4 is 23.3 Å². The number of rotatable bonds is 7. The van der Waals surface area contributed by atoms with Crippen LogP contribution in [0.5, 0.6) is 0 Å². The molecule has 1 aliphatic heterocycles. The number of nitrogens with one attached hydrogen (secondary N) is 2. The number of carbonyl (C=O) groups is 2. The second-order valence-corrected chi connectivity index (χ2v) is 7.12. The fourth-order valence-corrected chi connectivity index (χ4v) is 3.37. The molecule has 1 aliphatic rings. The van der Waals surface area contributed by atoms with E-state index in [2.05, 4.69) is 25.7 Å². The van der Waals surface area contributed by atoms with E-state index in [4.69, 9.17) is 0 Å². The van der Waals surface area contributed by atoms with Crippen LogP contribution in [0.4, 0.5) is 11.5 Å². The fraction of sp³-hybridized carbons (Fsp3) is 0.286. The van der Waals surface area contributed by atoms with E-state index in [1.807, 2.05) is 49.5 Å². The molecular formula is C21H23N7O2. The lowest BCUT2D eigenvalue weighted by Gasteiger charge is -2.16. The molecule has 0 spiro atoms. The minimum absolute atomic E-state index is 0.0261. The summed E-state index contributed by atoms with van der Waals surface area (Å²) in [5, 5.41) is 10.4. The van der Waals surface area contributed by atoms with Gasteiger partial charge in [0.05, 0.1) is 11.6 Å². The molecule has 2 N–H and O–H groups in total. The monoisotopic (exact) mass is 405 g/mol. The quantitative estimate of drug-likeness (QED) is 0.578. The van der Waals surface area contributed by atoms with E-state index in [-0.39, 0.29) is 24.2 Å². The average Bonchev–Trinajstić information content (AvgIpc) is 3.38. The number of para-hydroxylation sites is 1. The van der Waals surface area contributed by atoms with Crippen LogP contribution in [0.15, 0.2) is 55.0 Å². The van der Waals surface area contributed by atoms with Crippen LogP contribution in [-0.2, 0) is 9.59 Å². The highest BCUT2D eigenvalue weighted by molar-refractivity contribution is 6.00. The summed E-state index contributed by atoms with van der Waals surface area (Å²) < 4.78 is 1.68. The normalized spacial score (nSPS) is 16.0. The average molecular weight is 405 g/mol. The van der Waals surface area contributed by atoms with Crippen molar-refractivity contribution in [3.05, 3.63) is 60.7 Å². The topological polar surface area (TPSA) is 105 Å². The van der Waals surface area contributed by atoms with Gasteiger partial charge in [0.15, 0.2) is 5.82 Å². The van der Waals surface area contributed by atoms with Gasteiger partial charge in [-0.15, -0.1) is 0 Å². The molecule has 154 valence electrons. The van der Waals surface area contributed by atoms with Crippen LogP contribution in [0.2, 0.25) is 0 Å². The molecule has 4 rings (SSSR count). The number of carbonyl (C=O) groups excluding carboxylic acids is 2. The first kappa shape index (κ1) is 19.6. The molecule has 1 unspecified atom stereocenters. The number of hydrogen-bond donors (Lipinski definition) is 2. The molecule has 1 saturated heterocycles. The Hall–Kier alpha value is -3.75. The summed E-state index contributed by atoms with van der Waals surface area (Å²) in [6.45, 7) is 3.25. The molecule has 1 fully saturated rings. The lowest BCUT2D eigenvalue weighted by Crippen LogP contribution is -2.35. The van der Waals surface area contributed by atoms with Gasteiger partial charge in [-0.2, -0.15) is 5.10 Å². The predicted molar refractivity (Wildman–Crippen MR) is 112 cm³/mol. The summed E-state index contributed by atoms with van der Waals surface area (Å²) in [5.74, 6) is 0.830. The highest BCUT2D eigenvalue weighted by Crippen LogP contribution is 2.24. The first-order valence-corrected chi connectivity index (χ1v) is 9.82. The van der Waals surface area contributed by atoms with Crippen LogP contribution >= 0.6 is 0 Å². The van der Waals surface area contributed by atoms with Gasteiger partial charge in [0.1, 0.15) is 12.1 Å². The van der Waals surface area contributed by atoms with Gasteiger partial charge < -0.3 is 15.5 Å². The van der Waals surface area contributed by atoms with Crippen LogP contribution in [0, 0.1) is 12.8 Å². The fourth-order valence-electron chi connectivity index (χ4n) is 3.37. The molecular weight excluding hydrogens is 382 g/mol. The van der Waals surface area contributed by atoms with Crippen molar-refractivity contribution in [2.75, 3.05) is 29.9 Å². The molecule has 1 atom stereocenters. The van der Waals surface area contributed by atoms with Crippen molar-refractivity contribution in [1.29, 1.82) is 0 Å². The molecule has 0 aliphatic carbocycles. The molecule has 0 radical (unpaired) electrons. The zero-order valence-electron chi connectivity index (χ0n) is 16.7. The van der Waals surface area contributed by atoms with E-state index in [1.54, 1.807) is 15.6 Å². The van der Waals surface area contributed by atoms with Gasteiger partial charge in [0.25, 0.3) is 0 Å². The summed E-state index contributed by atoms with van der Waals surface area (Å²) in [4.78, 5) is 34.8. The second-order valence-electron chi connectivity index (χ2n) is 7.12. The van der Waals surface area contributed by atoms with Crippen molar-refractivity contribution in [1.82, 2.24) is 25.1 Å². The maximum atomic E-state index is 12.5. The van der Waals surface area contributed by atoms with Crippen LogP contribution < -0.4 is 15.5 Å². The highest BCUT2D eigenvalue weighted by Gasteiger charge is 2.34. The van der Waals surface area contributed by atoms with E-state index in [0.29, 0.717) is 31.3 Å². The standard InChI is InChI=1S/C21H23N7O2/c1-15-7-10-28(26-15)19-12-18(24-14-25-19)22-8-9-23-21(30)16-11-20(29)27(13-16)17-5-3-2-4-6-17/h2-7,10,12,14,16H,8-9,11,13H2,1H3,(H,23,30)(H,22,24,25). The van der Waals surface area contributed by atoms with Crippen molar-refractivity contribution in [3.8, 4) is 5.82 Å². The maximum absolute atomic E-state index is 12.5. The lowest BCUT2D eigenvalue weighted by atomic mass is 10.1. The number of hydrogen-bond acceptors (Lipinski definition) is 6. The van der Waals surface area contributed by atoms with Gasteiger partial charge in [-0.1, -0.05) is 18.2 Å². The van der Waals surface area contributed by atoms with Gasteiger partial charge >= 0.3 is 0 Å². The molecule has 30 heavy (non-hydrogen) atoms. The third-order valence-electron chi connectivity index (χ3n) is 4.90. The largest absolute Gasteiger partial charge is 0.368 e. The van der Waals surface area contributed by atoms with Crippen molar-refractivity contribution in [3.63, 3.8) is 0 Å². The third kappa shape index (κ3) is 4.45. The molecule has 0 bridgehead atoms. The molecule has 9 nitrogen and oxygen atoms in total. The van der Waals surface area contributed by atoms with Crippen molar-refractivity contribution < 1.29 is 9.59 Å². The van der Waals surface area contributed by atoms with Crippen LogP contribution in [0.1, 0.15) is 12.1 Å². The Morgan fingerprint density at radius 3 is 2.77 bits per heavy atom. The Morgan fingerprint density at radius 2 is 2.00 bits per heavy atom. The number of aromatic nitrogens is 4. The third-order valence-corrected chi connectivity index (χ3v) is 4.90. The minimum Gasteiger partial charge on any atom is -0.368 e. The summed E-state index contributed by atoms with van der Waals surface area (Å²) in [5.41, 5.74) is 1.73. The van der Waals surface area contributed by atoms with E-state index >= 15 is 0 Å². The zero-order valence-corrected chi connectivity index (χ0v) is 16.7. The Kier molecular flexibility index (Phi) is 5.69. The number of benzene rings is 1. The summed E-state index contributed by atoms with van der Waals surface area (Å²) in [6.07, 6.45) is 3.53.